The quantitative estimate of drug-likeness (QED) is 0.388. The fraction of sp³-hybridized carbons (Fsp3) is 0.250. The molecule has 28 heavy (non-hydrogen) atoms. The summed E-state index contributed by atoms with van der Waals surface area (Å²) in [4.78, 5) is 24.6. The summed E-state index contributed by atoms with van der Waals surface area (Å²) in [5, 5.41) is 0. The molecular formula is C24H24O4. The molecule has 1 fully saturated rings. The molecule has 1 aliphatic rings. The van der Waals surface area contributed by atoms with Gasteiger partial charge in [0.1, 0.15) is 11.9 Å². The van der Waals surface area contributed by atoms with E-state index in [1.807, 2.05) is 18.2 Å². The summed E-state index contributed by atoms with van der Waals surface area (Å²) < 4.78 is 10.9. The Kier molecular flexibility index (Phi) is 6.43. The monoisotopic (exact) mass is 376 g/mol. The van der Waals surface area contributed by atoms with E-state index in [0.717, 1.165) is 30.4 Å². The standard InChI is InChI=1S/C24H24O4/c1-3-5-17-7-13-21(14-8-17)27-23(25)19-11-9-18(10-12-19)22-16-15-20(6-4-2)28-24(22)26/h3-4,7-14,20,22H,1-2,5-6,15-16H2. The molecule has 1 aliphatic heterocycles. The van der Waals surface area contributed by atoms with Crippen molar-refractivity contribution in [3.05, 3.63) is 90.5 Å². The van der Waals surface area contributed by atoms with Crippen molar-refractivity contribution in [2.24, 2.45) is 0 Å². The summed E-state index contributed by atoms with van der Waals surface area (Å²) >= 11 is 0. The van der Waals surface area contributed by atoms with Gasteiger partial charge in [-0.15, -0.1) is 13.2 Å². The first-order valence-corrected chi connectivity index (χ1v) is 9.44. The molecule has 0 spiro atoms. The van der Waals surface area contributed by atoms with E-state index < -0.39 is 5.97 Å². The summed E-state index contributed by atoms with van der Waals surface area (Å²) in [6, 6.07) is 14.3. The third-order valence-corrected chi connectivity index (χ3v) is 4.84. The lowest BCUT2D eigenvalue weighted by Gasteiger charge is -2.27. The minimum absolute atomic E-state index is 0.0756. The number of hydrogen-bond donors (Lipinski definition) is 0. The predicted molar refractivity (Wildman–Crippen MR) is 108 cm³/mol. The fourth-order valence-electron chi connectivity index (χ4n) is 3.31. The smallest absolute Gasteiger partial charge is 0.343 e. The van der Waals surface area contributed by atoms with Crippen molar-refractivity contribution in [2.45, 2.75) is 37.7 Å². The van der Waals surface area contributed by atoms with Crippen LogP contribution in [0.25, 0.3) is 0 Å². The molecule has 2 aromatic carbocycles. The summed E-state index contributed by atoms with van der Waals surface area (Å²) in [6.07, 6.45) is 6.52. The van der Waals surface area contributed by atoms with E-state index in [-0.39, 0.29) is 18.0 Å². The number of esters is 2. The summed E-state index contributed by atoms with van der Waals surface area (Å²) in [7, 11) is 0. The average molecular weight is 376 g/mol. The molecular weight excluding hydrogens is 352 g/mol. The molecule has 0 N–H and O–H groups in total. The molecule has 0 radical (unpaired) electrons. The number of allylic oxidation sites excluding steroid dienone is 1. The molecule has 0 amide bonds. The van der Waals surface area contributed by atoms with Crippen LogP contribution >= 0.6 is 0 Å². The first-order valence-electron chi connectivity index (χ1n) is 9.44. The van der Waals surface area contributed by atoms with Gasteiger partial charge in [0.25, 0.3) is 0 Å². The zero-order valence-corrected chi connectivity index (χ0v) is 15.8. The van der Waals surface area contributed by atoms with E-state index in [0.29, 0.717) is 17.7 Å². The lowest BCUT2D eigenvalue weighted by molar-refractivity contribution is -0.155. The second-order valence-electron chi connectivity index (χ2n) is 6.86. The van der Waals surface area contributed by atoms with Crippen LogP contribution in [0.15, 0.2) is 73.8 Å². The van der Waals surface area contributed by atoms with Crippen molar-refractivity contribution >= 4 is 11.9 Å². The van der Waals surface area contributed by atoms with Gasteiger partial charge >= 0.3 is 11.9 Å². The Morgan fingerprint density at radius 1 is 1.04 bits per heavy atom. The Bertz CT molecular complexity index is 849. The van der Waals surface area contributed by atoms with Crippen LogP contribution in [0, 0.1) is 0 Å². The third kappa shape index (κ3) is 4.77. The van der Waals surface area contributed by atoms with Crippen molar-refractivity contribution in [1.82, 2.24) is 0 Å². The highest BCUT2D eigenvalue weighted by Crippen LogP contribution is 2.30. The van der Waals surface area contributed by atoms with Gasteiger partial charge in [-0.05, 0) is 54.7 Å². The number of carbonyl (C=O) groups is 2. The number of hydrogen-bond acceptors (Lipinski definition) is 4. The lowest BCUT2D eigenvalue weighted by Crippen LogP contribution is -2.29. The van der Waals surface area contributed by atoms with Gasteiger partial charge in [-0.1, -0.05) is 36.4 Å². The van der Waals surface area contributed by atoms with Gasteiger partial charge in [-0.3, -0.25) is 4.79 Å². The maximum absolute atomic E-state index is 12.4. The largest absolute Gasteiger partial charge is 0.462 e. The fourth-order valence-corrected chi connectivity index (χ4v) is 3.31. The highest BCUT2D eigenvalue weighted by Gasteiger charge is 2.30. The molecule has 2 unspecified atom stereocenters. The number of benzene rings is 2. The van der Waals surface area contributed by atoms with Crippen LogP contribution in [0.1, 0.15) is 46.7 Å². The number of carbonyl (C=O) groups excluding carboxylic acids is 2. The van der Waals surface area contributed by atoms with E-state index in [4.69, 9.17) is 9.47 Å². The second kappa shape index (κ2) is 9.18. The van der Waals surface area contributed by atoms with E-state index >= 15 is 0 Å². The topological polar surface area (TPSA) is 52.6 Å². The van der Waals surface area contributed by atoms with Crippen molar-refractivity contribution < 1.29 is 19.1 Å². The Morgan fingerprint density at radius 2 is 1.75 bits per heavy atom. The third-order valence-electron chi connectivity index (χ3n) is 4.84. The van der Waals surface area contributed by atoms with Crippen LogP contribution in [0.2, 0.25) is 0 Å². The van der Waals surface area contributed by atoms with Crippen LogP contribution < -0.4 is 4.74 Å². The molecule has 0 saturated carbocycles. The van der Waals surface area contributed by atoms with Crippen molar-refractivity contribution in [1.29, 1.82) is 0 Å². The molecule has 3 rings (SSSR count). The van der Waals surface area contributed by atoms with Gasteiger partial charge in [0, 0.05) is 6.42 Å². The minimum atomic E-state index is -0.430. The van der Waals surface area contributed by atoms with Gasteiger partial charge in [0.05, 0.1) is 11.5 Å². The first kappa shape index (κ1) is 19.6. The molecule has 144 valence electrons. The number of cyclic esters (lactones) is 1. The van der Waals surface area contributed by atoms with Crippen LogP contribution in [-0.4, -0.2) is 18.0 Å². The van der Waals surface area contributed by atoms with Crippen LogP contribution in [0.3, 0.4) is 0 Å². The summed E-state index contributed by atoms with van der Waals surface area (Å²) in [6.45, 7) is 7.39. The van der Waals surface area contributed by atoms with E-state index in [9.17, 15) is 9.59 Å². The second-order valence-corrected chi connectivity index (χ2v) is 6.86. The Labute approximate surface area is 165 Å². The van der Waals surface area contributed by atoms with Crippen LogP contribution in [-0.2, 0) is 16.0 Å². The maximum atomic E-state index is 12.4. The Hall–Kier alpha value is -3.14. The highest BCUT2D eigenvalue weighted by molar-refractivity contribution is 5.91. The van der Waals surface area contributed by atoms with Gasteiger partial charge < -0.3 is 9.47 Å². The van der Waals surface area contributed by atoms with Crippen molar-refractivity contribution in [3.8, 4) is 5.75 Å². The molecule has 1 heterocycles. The van der Waals surface area contributed by atoms with Crippen LogP contribution in [0.5, 0.6) is 5.75 Å². The van der Waals surface area contributed by atoms with E-state index in [1.54, 1.807) is 42.5 Å². The Morgan fingerprint density at radius 3 is 2.36 bits per heavy atom. The molecule has 2 atom stereocenters. The molecule has 1 saturated heterocycles. The Balaban J connectivity index is 1.62. The van der Waals surface area contributed by atoms with Gasteiger partial charge in [-0.25, -0.2) is 4.79 Å². The number of rotatable bonds is 7. The van der Waals surface area contributed by atoms with Crippen molar-refractivity contribution in [2.75, 3.05) is 0 Å². The molecule has 2 aromatic rings. The van der Waals surface area contributed by atoms with Crippen molar-refractivity contribution in [3.63, 3.8) is 0 Å². The zero-order valence-electron chi connectivity index (χ0n) is 15.8. The predicted octanol–water partition coefficient (Wildman–Crippen LogP) is 5.00. The van der Waals surface area contributed by atoms with E-state index in [2.05, 4.69) is 13.2 Å². The van der Waals surface area contributed by atoms with Gasteiger partial charge in [0.15, 0.2) is 0 Å². The normalized spacial score (nSPS) is 18.8. The van der Waals surface area contributed by atoms with Gasteiger partial charge in [0.2, 0.25) is 0 Å². The van der Waals surface area contributed by atoms with E-state index in [1.165, 1.54) is 0 Å². The lowest BCUT2D eigenvalue weighted by atomic mass is 9.89. The molecule has 4 nitrogen and oxygen atoms in total. The SMILES string of the molecule is C=CCc1ccc(OC(=O)c2ccc(C3CCC(CC=C)OC3=O)cc2)cc1. The number of ether oxygens (including phenoxy) is 2. The molecule has 0 aromatic heterocycles. The van der Waals surface area contributed by atoms with Crippen LogP contribution in [0.4, 0.5) is 0 Å². The molecule has 0 aliphatic carbocycles. The minimum Gasteiger partial charge on any atom is -0.462 e. The van der Waals surface area contributed by atoms with Gasteiger partial charge in [-0.2, -0.15) is 0 Å². The zero-order chi connectivity index (χ0) is 19.9. The summed E-state index contributed by atoms with van der Waals surface area (Å²) in [5.74, 6) is -0.442. The average Bonchev–Trinajstić information content (AvgIpc) is 2.70. The summed E-state index contributed by atoms with van der Waals surface area (Å²) in [5.41, 5.74) is 2.40. The first-order chi connectivity index (χ1) is 13.6. The molecule has 4 heteroatoms. The molecule has 0 bridgehead atoms. The maximum Gasteiger partial charge on any atom is 0.343 e. The highest BCUT2D eigenvalue weighted by atomic mass is 16.5.